The molecule has 1 fully saturated rings. The maximum Gasteiger partial charge on any atom is 0.236 e. The third kappa shape index (κ3) is 4.66. The summed E-state index contributed by atoms with van der Waals surface area (Å²) in [6.07, 6.45) is 4.41. The molecule has 1 amide bonds. The fourth-order valence-corrected chi connectivity index (χ4v) is 2.78. The van der Waals surface area contributed by atoms with Gasteiger partial charge in [0.1, 0.15) is 5.82 Å². The zero-order chi connectivity index (χ0) is 15.9. The van der Waals surface area contributed by atoms with Crippen LogP contribution in [0.3, 0.4) is 0 Å². The Hall–Kier alpha value is -1.17. The van der Waals surface area contributed by atoms with Crippen LogP contribution in [0.15, 0.2) is 18.2 Å². The van der Waals surface area contributed by atoms with Crippen LogP contribution >= 0.6 is 11.6 Å². The number of benzene rings is 1. The summed E-state index contributed by atoms with van der Waals surface area (Å²) < 4.78 is 13.5. The van der Waals surface area contributed by atoms with Crippen LogP contribution in [-0.2, 0) is 4.79 Å². The van der Waals surface area contributed by atoms with E-state index in [4.69, 9.17) is 11.6 Å². The number of likely N-dealkylation sites (tertiary alicyclic amines) is 1. The van der Waals surface area contributed by atoms with Crippen LogP contribution in [0, 0.1) is 5.82 Å². The molecular formula is C16H22ClFN2O2. The van der Waals surface area contributed by atoms with Gasteiger partial charge in [-0.25, -0.2) is 4.39 Å². The molecule has 1 atom stereocenters. The number of carbonyl (C=O) groups excluding carboxylic acids is 1. The number of hydrogen-bond acceptors (Lipinski definition) is 3. The highest BCUT2D eigenvalue weighted by Crippen LogP contribution is 2.20. The lowest BCUT2D eigenvalue weighted by atomic mass is 10.1. The van der Waals surface area contributed by atoms with Crippen LogP contribution < -0.4 is 5.32 Å². The second-order valence-electron chi connectivity index (χ2n) is 5.58. The third-order valence-electron chi connectivity index (χ3n) is 3.99. The highest BCUT2D eigenvalue weighted by Gasteiger charge is 2.18. The molecule has 0 aromatic heterocycles. The molecule has 2 N–H and O–H groups in total. The second-order valence-corrected chi connectivity index (χ2v) is 5.99. The molecule has 0 aliphatic carbocycles. The average molecular weight is 329 g/mol. The quantitative estimate of drug-likeness (QED) is 0.873. The number of hydrogen-bond donors (Lipinski definition) is 2. The van der Waals surface area contributed by atoms with E-state index >= 15 is 0 Å². The molecule has 2 rings (SSSR count). The molecule has 1 aromatic carbocycles. The van der Waals surface area contributed by atoms with Crippen molar-refractivity contribution in [2.24, 2.45) is 0 Å². The predicted molar refractivity (Wildman–Crippen MR) is 84.3 cm³/mol. The van der Waals surface area contributed by atoms with Crippen molar-refractivity contribution in [1.29, 1.82) is 0 Å². The minimum atomic E-state index is -0.529. The topological polar surface area (TPSA) is 52.6 Å². The smallest absolute Gasteiger partial charge is 0.236 e. The molecule has 1 saturated heterocycles. The zero-order valence-electron chi connectivity index (χ0n) is 12.5. The van der Waals surface area contributed by atoms with Crippen molar-refractivity contribution in [2.75, 3.05) is 26.2 Å². The van der Waals surface area contributed by atoms with Crippen LogP contribution in [0.5, 0.6) is 0 Å². The summed E-state index contributed by atoms with van der Waals surface area (Å²) in [5.74, 6) is -0.506. The van der Waals surface area contributed by atoms with Gasteiger partial charge in [0, 0.05) is 13.1 Å². The van der Waals surface area contributed by atoms with Crippen molar-refractivity contribution in [1.82, 2.24) is 10.2 Å². The lowest BCUT2D eigenvalue weighted by molar-refractivity contribution is -0.130. The van der Waals surface area contributed by atoms with Gasteiger partial charge in [-0.3, -0.25) is 10.1 Å². The molecule has 0 bridgehead atoms. The lowest BCUT2D eigenvalue weighted by Crippen LogP contribution is -2.40. The minimum absolute atomic E-state index is 0.0229. The standard InChI is InChI=1S/C16H22ClFN2O2/c17-13-6-5-12(9-14(13)18)15(11-21)19-10-16(22)20-7-3-1-2-4-8-20/h5-6,9,15,19,21H,1-4,7-8,10-11H2/t15-/m0/s1. The highest BCUT2D eigenvalue weighted by molar-refractivity contribution is 6.30. The molecule has 0 saturated carbocycles. The fourth-order valence-electron chi connectivity index (χ4n) is 2.66. The Balaban J connectivity index is 1.92. The first-order valence-corrected chi connectivity index (χ1v) is 8.06. The summed E-state index contributed by atoms with van der Waals surface area (Å²) >= 11 is 5.65. The van der Waals surface area contributed by atoms with E-state index in [2.05, 4.69) is 5.32 Å². The van der Waals surface area contributed by atoms with Gasteiger partial charge >= 0.3 is 0 Å². The summed E-state index contributed by atoms with van der Waals surface area (Å²) in [6.45, 7) is 1.50. The number of nitrogens with one attached hydrogen (secondary N) is 1. The van der Waals surface area contributed by atoms with Crippen molar-refractivity contribution in [3.63, 3.8) is 0 Å². The largest absolute Gasteiger partial charge is 0.394 e. The number of nitrogens with zero attached hydrogens (tertiary/aromatic N) is 1. The molecule has 0 radical (unpaired) electrons. The third-order valence-corrected chi connectivity index (χ3v) is 4.29. The zero-order valence-corrected chi connectivity index (χ0v) is 13.3. The number of carbonyl (C=O) groups is 1. The van der Waals surface area contributed by atoms with E-state index in [1.165, 1.54) is 25.0 Å². The molecule has 22 heavy (non-hydrogen) atoms. The lowest BCUT2D eigenvalue weighted by Gasteiger charge is -2.23. The summed E-state index contributed by atoms with van der Waals surface area (Å²) in [4.78, 5) is 14.1. The van der Waals surface area contributed by atoms with Gasteiger partial charge in [0.25, 0.3) is 0 Å². The molecule has 1 aliphatic heterocycles. The molecule has 4 nitrogen and oxygen atoms in total. The number of amides is 1. The molecule has 1 aliphatic rings. The van der Waals surface area contributed by atoms with Crippen LogP contribution in [0.25, 0.3) is 0 Å². The van der Waals surface area contributed by atoms with E-state index in [0.29, 0.717) is 5.56 Å². The van der Waals surface area contributed by atoms with E-state index in [1.807, 2.05) is 4.90 Å². The Bertz CT molecular complexity index is 505. The van der Waals surface area contributed by atoms with E-state index in [0.717, 1.165) is 25.9 Å². The van der Waals surface area contributed by atoms with Crippen molar-refractivity contribution in [2.45, 2.75) is 31.7 Å². The van der Waals surface area contributed by atoms with Gasteiger partial charge in [-0.05, 0) is 30.5 Å². The van der Waals surface area contributed by atoms with Crippen molar-refractivity contribution < 1.29 is 14.3 Å². The van der Waals surface area contributed by atoms with Gasteiger partial charge in [0.2, 0.25) is 5.91 Å². The first-order chi connectivity index (χ1) is 10.6. The van der Waals surface area contributed by atoms with Crippen molar-refractivity contribution in [3.8, 4) is 0 Å². The number of aliphatic hydroxyl groups is 1. The Kier molecular flexibility index (Phi) is 6.61. The second kappa shape index (κ2) is 8.46. The van der Waals surface area contributed by atoms with Gasteiger partial charge in [-0.1, -0.05) is 30.5 Å². The molecule has 122 valence electrons. The Morgan fingerprint density at radius 3 is 2.59 bits per heavy atom. The van der Waals surface area contributed by atoms with E-state index in [1.54, 1.807) is 6.07 Å². The van der Waals surface area contributed by atoms with E-state index in [9.17, 15) is 14.3 Å². The predicted octanol–water partition coefficient (Wildman–Crippen LogP) is 2.50. The fraction of sp³-hybridized carbons (Fsp3) is 0.562. The first-order valence-electron chi connectivity index (χ1n) is 7.69. The summed E-state index contributed by atoms with van der Waals surface area (Å²) in [5, 5.41) is 12.5. The van der Waals surface area contributed by atoms with Crippen LogP contribution in [0.1, 0.15) is 37.3 Å². The van der Waals surface area contributed by atoms with Gasteiger partial charge in [0.05, 0.1) is 24.2 Å². The highest BCUT2D eigenvalue weighted by atomic mass is 35.5. The van der Waals surface area contributed by atoms with Gasteiger partial charge in [0.15, 0.2) is 0 Å². The summed E-state index contributed by atoms with van der Waals surface area (Å²) in [5.41, 5.74) is 0.577. The maximum atomic E-state index is 13.5. The maximum absolute atomic E-state index is 13.5. The van der Waals surface area contributed by atoms with E-state index in [-0.39, 0.29) is 24.1 Å². The molecule has 1 heterocycles. The van der Waals surface area contributed by atoms with Crippen LogP contribution in [0.2, 0.25) is 5.02 Å². The molecule has 1 aromatic rings. The van der Waals surface area contributed by atoms with Crippen molar-refractivity contribution in [3.05, 3.63) is 34.6 Å². The Morgan fingerprint density at radius 1 is 1.32 bits per heavy atom. The first kappa shape index (κ1) is 17.2. The van der Waals surface area contributed by atoms with Crippen molar-refractivity contribution >= 4 is 17.5 Å². The number of halogens is 2. The molecule has 6 heteroatoms. The van der Waals surface area contributed by atoms with Gasteiger partial charge in [-0.2, -0.15) is 0 Å². The minimum Gasteiger partial charge on any atom is -0.394 e. The Morgan fingerprint density at radius 2 is 2.00 bits per heavy atom. The molecule has 0 spiro atoms. The summed E-state index contributed by atoms with van der Waals surface area (Å²) in [6, 6.07) is 3.90. The SMILES string of the molecule is O=C(CN[C@@H](CO)c1ccc(Cl)c(F)c1)N1CCCCCC1. The summed E-state index contributed by atoms with van der Waals surface area (Å²) in [7, 11) is 0. The normalized spacial score (nSPS) is 17.1. The van der Waals surface area contributed by atoms with Gasteiger partial charge < -0.3 is 10.0 Å². The van der Waals surface area contributed by atoms with Gasteiger partial charge in [-0.15, -0.1) is 0 Å². The van der Waals surface area contributed by atoms with E-state index < -0.39 is 11.9 Å². The molecule has 0 unspecified atom stereocenters. The number of aliphatic hydroxyl groups excluding tert-OH is 1. The van der Waals surface area contributed by atoms with Crippen LogP contribution in [-0.4, -0.2) is 42.2 Å². The number of rotatable bonds is 5. The monoisotopic (exact) mass is 328 g/mol. The molecular weight excluding hydrogens is 307 g/mol. The average Bonchev–Trinajstić information content (AvgIpc) is 2.80. The Labute approximate surface area is 135 Å². The van der Waals surface area contributed by atoms with Crippen LogP contribution in [0.4, 0.5) is 4.39 Å².